The van der Waals surface area contributed by atoms with Gasteiger partial charge in [0.2, 0.25) is 0 Å². The van der Waals surface area contributed by atoms with Crippen molar-refractivity contribution in [2.24, 2.45) is 5.10 Å². The molecular weight excluding hydrogens is 424 g/mol. The zero-order valence-electron chi connectivity index (χ0n) is 21.1. The van der Waals surface area contributed by atoms with E-state index in [1.165, 1.54) is 27.8 Å². The second kappa shape index (κ2) is 11.5. The lowest BCUT2D eigenvalue weighted by Crippen LogP contribution is -2.08. The average molecular weight is 459 g/mol. The normalized spacial score (nSPS) is 11.3. The van der Waals surface area contributed by atoms with Gasteiger partial charge in [-0.05, 0) is 70.0 Å². The molecule has 35 heavy (non-hydrogen) atoms. The highest BCUT2D eigenvalue weighted by Crippen LogP contribution is 2.29. The molecule has 0 aliphatic rings. The summed E-state index contributed by atoms with van der Waals surface area (Å²) in [5.41, 5.74) is 8.28. The monoisotopic (exact) mass is 458 g/mol. The minimum absolute atomic E-state index is 0.471. The first-order chi connectivity index (χ1) is 17.0. The Bertz CT molecular complexity index is 1190. The van der Waals surface area contributed by atoms with Crippen molar-refractivity contribution in [2.45, 2.75) is 39.5 Å². The molecule has 0 amide bonds. The van der Waals surface area contributed by atoms with Gasteiger partial charge < -0.3 is 0 Å². The lowest BCUT2D eigenvalue weighted by Gasteiger charge is -2.19. The van der Waals surface area contributed by atoms with Gasteiger partial charge in [0, 0.05) is 6.21 Å². The van der Waals surface area contributed by atoms with Crippen LogP contribution in [0.15, 0.2) is 120 Å². The first-order valence-electron chi connectivity index (χ1n) is 12.4. The second-order valence-corrected chi connectivity index (χ2v) is 9.39. The van der Waals surface area contributed by atoms with E-state index in [0.29, 0.717) is 11.8 Å². The average Bonchev–Trinajstić information content (AvgIpc) is 2.90. The minimum Gasteiger partial charge on any atom is -0.234 e. The van der Waals surface area contributed by atoms with Crippen LogP contribution in [-0.2, 0) is 0 Å². The van der Waals surface area contributed by atoms with Crippen molar-refractivity contribution in [3.8, 4) is 0 Å². The van der Waals surface area contributed by atoms with Crippen LogP contribution < -0.4 is 5.01 Å². The predicted molar refractivity (Wildman–Crippen MR) is 152 cm³/mol. The van der Waals surface area contributed by atoms with Gasteiger partial charge in [0.1, 0.15) is 0 Å². The van der Waals surface area contributed by atoms with Crippen LogP contribution in [0.4, 0.5) is 11.4 Å². The number of hydrogen-bond donors (Lipinski definition) is 0. The van der Waals surface area contributed by atoms with Gasteiger partial charge in [0.05, 0.1) is 11.4 Å². The molecule has 2 heteroatoms. The number of para-hydroxylation sites is 2. The summed E-state index contributed by atoms with van der Waals surface area (Å²) in [6.45, 7) is 8.95. The van der Waals surface area contributed by atoms with Crippen molar-refractivity contribution in [1.82, 2.24) is 0 Å². The molecule has 0 N–H and O–H groups in total. The summed E-state index contributed by atoms with van der Waals surface area (Å²) in [5.74, 6) is 0.942. The topological polar surface area (TPSA) is 15.6 Å². The van der Waals surface area contributed by atoms with Gasteiger partial charge in [-0.1, -0.05) is 113 Å². The molecule has 0 saturated carbocycles. The molecule has 0 aliphatic carbocycles. The highest BCUT2D eigenvalue weighted by atomic mass is 15.5. The van der Waals surface area contributed by atoms with Crippen molar-refractivity contribution < 1.29 is 0 Å². The maximum Gasteiger partial charge on any atom is 0.0652 e. The summed E-state index contributed by atoms with van der Waals surface area (Å²) in [4.78, 5) is 0. The zero-order chi connectivity index (χ0) is 24.6. The number of allylic oxidation sites excluding steroid dienone is 1. The summed E-state index contributed by atoms with van der Waals surface area (Å²) in [6, 6.07) is 38.2. The van der Waals surface area contributed by atoms with E-state index in [1.54, 1.807) is 0 Å². The van der Waals surface area contributed by atoms with Crippen molar-refractivity contribution in [2.75, 3.05) is 5.01 Å². The Morgan fingerprint density at radius 2 is 1.06 bits per heavy atom. The third-order valence-electron chi connectivity index (χ3n) is 6.15. The van der Waals surface area contributed by atoms with Crippen LogP contribution in [0.1, 0.15) is 61.8 Å². The Labute approximate surface area is 210 Å². The molecule has 4 aromatic carbocycles. The van der Waals surface area contributed by atoms with E-state index in [2.05, 4.69) is 107 Å². The smallest absolute Gasteiger partial charge is 0.0652 e. The van der Waals surface area contributed by atoms with Gasteiger partial charge in [0.25, 0.3) is 0 Å². The quantitative estimate of drug-likeness (QED) is 0.190. The number of anilines is 2. The number of nitrogens with zero attached hydrogens (tertiary/aromatic N) is 2. The number of rotatable bonds is 8. The maximum atomic E-state index is 4.90. The van der Waals surface area contributed by atoms with Gasteiger partial charge in [-0.2, -0.15) is 5.10 Å². The first-order valence-corrected chi connectivity index (χ1v) is 12.4. The fourth-order valence-electron chi connectivity index (χ4n) is 4.09. The molecule has 0 heterocycles. The van der Waals surface area contributed by atoms with Crippen LogP contribution in [0.5, 0.6) is 0 Å². The molecule has 0 aliphatic heterocycles. The highest BCUT2D eigenvalue weighted by molar-refractivity contribution is 5.92. The van der Waals surface area contributed by atoms with Crippen LogP contribution in [0.2, 0.25) is 0 Å². The Morgan fingerprint density at radius 3 is 1.49 bits per heavy atom. The standard InChI is InChI=1S/C33H34N2/c1-25(2)27-13-11-15-29(23-27)33(30-16-12-14-28(24-30)26(3)4)21-22-34-35(31-17-7-5-8-18-31)32-19-9-6-10-20-32/h5-26H,1-4H3. The van der Waals surface area contributed by atoms with Crippen molar-refractivity contribution in [1.29, 1.82) is 0 Å². The molecule has 4 aromatic rings. The fraction of sp³-hybridized carbons (Fsp3) is 0.182. The van der Waals surface area contributed by atoms with Crippen molar-refractivity contribution in [3.05, 3.63) is 138 Å². The zero-order valence-corrected chi connectivity index (χ0v) is 21.1. The summed E-state index contributed by atoms with van der Waals surface area (Å²) >= 11 is 0. The van der Waals surface area contributed by atoms with Crippen LogP contribution in [-0.4, -0.2) is 6.21 Å². The summed E-state index contributed by atoms with van der Waals surface area (Å²) in [5, 5.41) is 6.88. The predicted octanol–water partition coefficient (Wildman–Crippen LogP) is 9.19. The van der Waals surface area contributed by atoms with E-state index in [9.17, 15) is 0 Å². The van der Waals surface area contributed by atoms with Gasteiger partial charge in [0.15, 0.2) is 0 Å². The van der Waals surface area contributed by atoms with E-state index in [0.717, 1.165) is 11.4 Å². The molecule has 0 unspecified atom stereocenters. The first kappa shape index (κ1) is 24.2. The summed E-state index contributed by atoms with van der Waals surface area (Å²) < 4.78 is 0. The molecule has 0 spiro atoms. The van der Waals surface area contributed by atoms with E-state index in [-0.39, 0.29) is 0 Å². The Hall–Kier alpha value is -3.91. The molecule has 2 nitrogen and oxygen atoms in total. The van der Waals surface area contributed by atoms with Gasteiger partial charge >= 0.3 is 0 Å². The number of hydrazone groups is 1. The molecule has 0 saturated heterocycles. The van der Waals surface area contributed by atoms with Gasteiger partial charge in [-0.15, -0.1) is 0 Å². The molecule has 4 rings (SSSR count). The van der Waals surface area contributed by atoms with E-state index in [1.807, 2.05) is 47.6 Å². The second-order valence-electron chi connectivity index (χ2n) is 9.39. The van der Waals surface area contributed by atoms with Crippen molar-refractivity contribution >= 4 is 23.2 Å². The van der Waals surface area contributed by atoms with Crippen LogP contribution in [0, 0.1) is 0 Å². The van der Waals surface area contributed by atoms with E-state index >= 15 is 0 Å². The largest absolute Gasteiger partial charge is 0.234 e. The Morgan fingerprint density at radius 1 is 0.600 bits per heavy atom. The lowest BCUT2D eigenvalue weighted by molar-refractivity contribution is 0.865. The van der Waals surface area contributed by atoms with Gasteiger partial charge in [-0.25, -0.2) is 5.01 Å². The molecular formula is C33H34N2. The Balaban J connectivity index is 1.79. The van der Waals surface area contributed by atoms with Gasteiger partial charge in [-0.3, -0.25) is 0 Å². The molecule has 0 bridgehead atoms. The van der Waals surface area contributed by atoms with Crippen molar-refractivity contribution in [3.63, 3.8) is 0 Å². The number of benzene rings is 4. The third-order valence-corrected chi connectivity index (χ3v) is 6.15. The maximum absolute atomic E-state index is 4.90. The fourth-order valence-corrected chi connectivity index (χ4v) is 4.09. The Kier molecular flexibility index (Phi) is 7.95. The summed E-state index contributed by atoms with van der Waals surface area (Å²) in [7, 11) is 0. The summed E-state index contributed by atoms with van der Waals surface area (Å²) in [6.07, 6.45) is 4.05. The number of hydrogen-bond acceptors (Lipinski definition) is 2. The molecule has 0 fully saturated rings. The lowest BCUT2D eigenvalue weighted by atomic mass is 9.91. The van der Waals surface area contributed by atoms with Crippen LogP contribution >= 0.6 is 0 Å². The molecule has 176 valence electrons. The highest BCUT2D eigenvalue weighted by Gasteiger charge is 2.10. The van der Waals surface area contributed by atoms with E-state index < -0.39 is 0 Å². The van der Waals surface area contributed by atoms with Crippen LogP contribution in [0.25, 0.3) is 5.57 Å². The third kappa shape index (κ3) is 6.16. The van der Waals surface area contributed by atoms with E-state index in [4.69, 9.17) is 5.10 Å². The SMILES string of the molecule is CC(C)c1cccc(C(=CC=NN(c2ccccc2)c2ccccc2)c2cccc(C(C)C)c2)c1. The molecule has 0 aromatic heterocycles. The molecule has 0 radical (unpaired) electrons. The molecule has 0 atom stereocenters. The van der Waals surface area contributed by atoms with Crippen LogP contribution in [0.3, 0.4) is 0 Å². The minimum atomic E-state index is 0.471.